The van der Waals surface area contributed by atoms with E-state index >= 15 is 0 Å². The van der Waals surface area contributed by atoms with Crippen LogP contribution < -0.4 is 0 Å². The lowest BCUT2D eigenvalue weighted by Crippen LogP contribution is -2.18. The zero-order chi connectivity index (χ0) is 8.77. The predicted octanol–water partition coefficient (Wildman–Crippen LogP) is 1.54. The quantitative estimate of drug-likeness (QED) is 0.629. The number of hydrogen-bond donors (Lipinski definition) is 1. The first kappa shape index (κ1) is 7.74. The molecular formula is C10H13NO. The fourth-order valence-electron chi connectivity index (χ4n) is 1.75. The SMILES string of the molecule is Cc1ccc2c(n1)[C@](C)(O)CC2. The van der Waals surface area contributed by atoms with Crippen LogP contribution in [0.4, 0.5) is 0 Å². The number of aromatic nitrogens is 1. The largest absolute Gasteiger partial charge is 0.384 e. The Morgan fingerprint density at radius 3 is 3.00 bits per heavy atom. The van der Waals surface area contributed by atoms with Gasteiger partial charge in [0.05, 0.1) is 5.69 Å². The molecule has 0 radical (unpaired) electrons. The molecule has 2 nitrogen and oxygen atoms in total. The molecule has 1 aliphatic rings. The van der Waals surface area contributed by atoms with Crippen LogP contribution in [0.15, 0.2) is 12.1 Å². The highest BCUT2D eigenvalue weighted by Crippen LogP contribution is 2.34. The Morgan fingerprint density at radius 2 is 2.25 bits per heavy atom. The number of pyridine rings is 1. The molecule has 0 fully saturated rings. The molecule has 2 rings (SSSR count). The third-order valence-electron chi connectivity index (χ3n) is 2.51. The molecule has 0 saturated carbocycles. The van der Waals surface area contributed by atoms with E-state index in [1.54, 1.807) is 0 Å². The fraction of sp³-hybridized carbons (Fsp3) is 0.500. The zero-order valence-electron chi connectivity index (χ0n) is 7.46. The highest BCUT2D eigenvalue weighted by Gasteiger charge is 2.33. The maximum absolute atomic E-state index is 9.91. The smallest absolute Gasteiger partial charge is 0.104 e. The number of nitrogens with zero attached hydrogens (tertiary/aromatic N) is 1. The fourth-order valence-corrected chi connectivity index (χ4v) is 1.75. The van der Waals surface area contributed by atoms with Gasteiger partial charge in [-0.2, -0.15) is 0 Å². The van der Waals surface area contributed by atoms with Crippen LogP contribution in [0, 0.1) is 6.92 Å². The molecule has 1 N–H and O–H groups in total. The van der Waals surface area contributed by atoms with Crippen molar-refractivity contribution in [1.82, 2.24) is 4.98 Å². The number of rotatable bonds is 0. The second-order valence-corrected chi connectivity index (χ2v) is 3.73. The maximum atomic E-state index is 9.91. The van der Waals surface area contributed by atoms with Crippen molar-refractivity contribution in [2.24, 2.45) is 0 Å². The summed E-state index contributed by atoms with van der Waals surface area (Å²) in [4.78, 5) is 4.36. The molecule has 1 heterocycles. The molecule has 0 aromatic carbocycles. The summed E-state index contributed by atoms with van der Waals surface area (Å²) in [7, 11) is 0. The van der Waals surface area contributed by atoms with E-state index in [-0.39, 0.29) is 0 Å². The van der Waals surface area contributed by atoms with E-state index in [2.05, 4.69) is 11.1 Å². The second-order valence-electron chi connectivity index (χ2n) is 3.73. The van der Waals surface area contributed by atoms with Gasteiger partial charge in [-0.25, -0.2) is 0 Å². The Hall–Kier alpha value is -0.890. The van der Waals surface area contributed by atoms with Gasteiger partial charge in [-0.05, 0) is 38.3 Å². The van der Waals surface area contributed by atoms with Gasteiger partial charge in [0.2, 0.25) is 0 Å². The van der Waals surface area contributed by atoms with Crippen molar-refractivity contribution < 1.29 is 5.11 Å². The summed E-state index contributed by atoms with van der Waals surface area (Å²) in [6.07, 6.45) is 1.76. The highest BCUT2D eigenvalue weighted by atomic mass is 16.3. The predicted molar refractivity (Wildman–Crippen MR) is 46.9 cm³/mol. The summed E-state index contributed by atoms with van der Waals surface area (Å²) in [5, 5.41) is 9.91. The summed E-state index contributed by atoms with van der Waals surface area (Å²) in [6, 6.07) is 4.07. The van der Waals surface area contributed by atoms with Crippen LogP contribution in [-0.2, 0) is 12.0 Å². The summed E-state index contributed by atoms with van der Waals surface area (Å²) in [5.41, 5.74) is 2.37. The lowest BCUT2D eigenvalue weighted by molar-refractivity contribution is 0.0552. The van der Waals surface area contributed by atoms with E-state index in [0.717, 1.165) is 24.2 Å². The molecule has 1 aromatic heterocycles. The topological polar surface area (TPSA) is 33.1 Å². The van der Waals surface area contributed by atoms with Crippen LogP contribution in [0.3, 0.4) is 0 Å². The molecule has 0 aliphatic heterocycles. The van der Waals surface area contributed by atoms with Crippen LogP contribution in [0.25, 0.3) is 0 Å². The van der Waals surface area contributed by atoms with Gasteiger partial charge in [-0.1, -0.05) is 6.07 Å². The highest BCUT2D eigenvalue weighted by molar-refractivity contribution is 5.31. The average molecular weight is 163 g/mol. The molecule has 0 amide bonds. The van der Waals surface area contributed by atoms with E-state index in [0.29, 0.717) is 0 Å². The summed E-state index contributed by atoms with van der Waals surface area (Å²) in [5.74, 6) is 0. The lowest BCUT2D eigenvalue weighted by atomic mass is 10.0. The number of aryl methyl sites for hydroxylation is 2. The lowest BCUT2D eigenvalue weighted by Gasteiger charge is -2.16. The molecule has 2 heteroatoms. The van der Waals surface area contributed by atoms with Crippen molar-refractivity contribution in [3.63, 3.8) is 0 Å². The summed E-state index contributed by atoms with van der Waals surface area (Å²) < 4.78 is 0. The molecular weight excluding hydrogens is 150 g/mol. The van der Waals surface area contributed by atoms with Gasteiger partial charge >= 0.3 is 0 Å². The van der Waals surface area contributed by atoms with E-state index in [9.17, 15) is 5.11 Å². The second kappa shape index (κ2) is 2.30. The average Bonchev–Trinajstić information content (AvgIpc) is 2.28. The Labute approximate surface area is 72.3 Å². The van der Waals surface area contributed by atoms with Crippen molar-refractivity contribution in [3.8, 4) is 0 Å². The molecule has 1 aliphatic carbocycles. The minimum Gasteiger partial charge on any atom is -0.384 e. The van der Waals surface area contributed by atoms with Gasteiger partial charge in [-0.15, -0.1) is 0 Å². The van der Waals surface area contributed by atoms with E-state index in [4.69, 9.17) is 0 Å². The van der Waals surface area contributed by atoms with E-state index < -0.39 is 5.60 Å². The minimum atomic E-state index is -0.693. The van der Waals surface area contributed by atoms with Crippen molar-refractivity contribution >= 4 is 0 Å². The first-order valence-corrected chi connectivity index (χ1v) is 4.29. The standard InChI is InChI=1S/C10H13NO/c1-7-3-4-8-5-6-10(2,12)9(8)11-7/h3-4,12H,5-6H2,1-2H3/t10-/m1/s1. The van der Waals surface area contributed by atoms with Crippen molar-refractivity contribution in [1.29, 1.82) is 0 Å². The van der Waals surface area contributed by atoms with Crippen LogP contribution in [-0.4, -0.2) is 10.1 Å². The van der Waals surface area contributed by atoms with Crippen LogP contribution in [0.2, 0.25) is 0 Å². The normalized spacial score (nSPS) is 27.2. The van der Waals surface area contributed by atoms with Gasteiger partial charge in [0.15, 0.2) is 0 Å². The molecule has 12 heavy (non-hydrogen) atoms. The Kier molecular flexibility index (Phi) is 1.48. The molecule has 1 atom stereocenters. The number of aliphatic hydroxyl groups is 1. The van der Waals surface area contributed by atoms with E-state index in [1.807, 2.05) is 19.9 Å². The first-order chi connectivity index (χ1) is 5.59. The van der Waals surface area contributed by atoms with Gasteiger partial charge in [0, 0.05) is 5.69 Å². The van der Waals surface area contributed by atoms with E-state index in [1.165, 1.54) is 5.56 Å². The molecule has 0 bridgehead atoms. The zero-order valence-corrected chi connectivity index (χ0v) is 7.46. The summed E-state index contributed by atoms with van der Waals surface area (Å²) >= 11 is 0. The van der Waals surface area contributed by atoms with Gasteiger partial charge in [0.25, 0.3) is 0 Å². The minimum absolute atomic E-state index is 0.693. The third kappa shape index (κ3) is 1.03. The maximum Gasteiger partial charge on any atom is 0.104 e. The Bertz CT molecular complexity index is 318. The first-order valence-electron chi connectivity index (χ1n) is 4.29. The van der Waals surface area contributed by atoms with Crippen LogP contribution >= 0.6 is 0 Å². The van der Waals surface area contributed by atoms with Crippen molar-refractivity contribution in [2.45, 2.75) is 32.3 Å². The van der Waals surface area contributed by atoms with Gasteiger partial charge < -0.3 is 5.11 Å². The molecule has 0 unspecified atom stereocenters. The van der Waals surface area contributed by atoms with Crippen molar-refractivity contribution in [3.05, 3.63) is 29.1 Å². The summed E-state index contributed by atoms with van der Waals surface area (Å²) in [6.45, 7) is 3.79. The van der Waals surface area contributed by atoms with Crippen LogP contribution in [0.1, 0.15) is 30.3 Å². The molecule has 0 saturated heterocycles. The Morgan fingerprint density at radius 1 is 1.50 bits per heavy atom. The monoisotopic (exact) mass is 163 g/mol. The Balaban J connectivity index is 2.57. The molecule has 64 valence electrons. The molecule has 0 spiro atoms. The third-order valence-corrected chi connectivity index (χ3v) is 2.51. The van der Waals surface area contributed by atoms with Crippen LogP contribution in [0.5, 0.6) is 0 Å². The van der Waals surface area contributed by atoms with Gasteiger partial charge in [0.1, 0.15) is 5.60 Å². The number of hydrogen-bond acceptors (Lipinski definition) is 2. The van der Waals surface area contributed by atoms with Gasteiger partial charge in [-0.3, -0.25) is 4.98 Å². The molecule has 1 aromatic rings. The van der Waals surface area contributed by atoms with Crippen molar-refractivity contribution in [2.75, 3.05) is 0 Å². The number of fused-ring (bicyclic) bond motifs is 1.